The largest absolute Gasteiger partial charge is 0.315 e. The van der Waals surface area contributed by atoms with Gasteiger partial charge in [-0.05, 0) is 26.8 Å². The second-order valence-electron chi connectivity index (χ2n) is 4.14. The van der Waals surface area contributed by atoms with Crippen LogP contribution in [0.3, 0.4) is 0 Å². The maximum absolute atomic E-state index is 11.6. The van der Waals surface area contributed by atoms with Crippen LogP contribution < -0.4 is 5.32 Å². The molecule has 88 valence electrons. The third kappa shape index (κ3) is 1.88. The molecule has 0 aromatic carbocycles. The molecule has 0 aromatic heterocycles. The van der Waals surface area contributed by atoms with Gasteiger partial charge in [0.2, 0.25) is 0 Å². The highest BCUT2D eigenvalue weighted by Gasteiger charge is 2.59. The Morgan fingerprint density at radius 3 is 2.40 bits per heavy atom. The van der Waals surface area contributed by atoms with Crippen molar-refractivity contribution in [3.8, 4) is 0 Å². The smallest absolute Gasteiger partial charge is 0.258 e. The zero-order valence-electron chi connectivity index (χ0n) is 9.41. The average Bonchev–Trinajstić information content (AvgIpc) is 2.16. The highest BCUT2D eigenvalue weighted by Crippen LogP contribution is 2.34. The van der Waals surface area contributed by atoms with Crippen molar-refractivity contribution in [3.63, 3.8) is 0 Å². The molecular weight excluding hydrogens is 216 g/mol. The molecule has 0 saturated carbocycles. The minimum Gasteiger partial charge on any atom is -0.315 e. The van der Waals surface area contributed by atoms with Crippen molar-refractivity contribution in [3.05, 3.63) is 0 Å². The topological polar surface area (TPSA) is 66.5 Å². The summed E-state index contributed by atoms with van der Waals surface area (Å²) in [5.74, 6) is -0.305. The predicted octanol–water partition coefficient (Wildman–Crippen LogP) is -0.0634. The van der Waals surface area contributed by atoms with Crippen LogP contribution in [-0.4, -0.2) is 43.0 Å². The predicted molar refractivity (Wildman–Crippen MR) is 57.9 cm³/mol. The Hall–Kier alpha value is -0.620. The van der Waals surface area contributed by atoms with E-state index in [2.05, 4.69) is 5.32 Å². The van der Waals surface area contributed by atoms with Crippen molar-refractivity contribution >= 4 is 15.9 Å². The number of amides is 1. The lowest BCUT2D eigenvalue weighted by Gasteiger charge is -2.43. The number of hydrogen-bond acceptors (Lipinski definition) is 4. The SMILES string of the molecule is CCCNCCN1C(=O)C(C)(C)S1(=O)=O. The Kier molecular flexibility index (Phi) is 3.40. The van der Waals surface area contributed by atoms with Crippen LogP contribution in [0.25, 0.3) is 0 Å². The van der Waals surface area contributed by atoms with Gasteiger partial charge in [0.1, 0.15) is 0 Å². The molecule has 1 heterocycles. The van der Waals surface area contributed by atoms with E-state index < -0.39 is 14.8 Å². The van der Waals surface area contributed by atoms with Crippen LogP contribution in [0.2, 0.25) is 0 Å². The second-order valence-corrected chi connectivity index (χ2v) is 6.55. The second kappa shape index (κ2) is 4.09. The summed E-state index contributed by atoms with van der Waals surface area (Å²) in [5.41, 5.74) is 0. The van der Waals surface area contributed by atoms with Gasteiger partial charge in [-0.25, -0.2) is 12.7 Å². The lowest BCUT2D eigenvalue weighted by atomic mass is 10.2. The molecule has 1 rings (SSSR count). The quantitative estimate of drug-likeness (QED) is 0.677. The molecule has 0 unspecified atom stereocenters. The first-order valence-electron chi connectivity index (χ1n) is 5.13. The third-order valence-corrected chi connectivity index (χ3v) is 4.99. The van der Waals surface area contributed by atoms with Crippen molar-refractivity contribution in [2.24, 2.45) is 0 Å². The number of sulfonamides is 1. The molecule has 0 aliphatic carbocycles. The summed E-state index contributed by atoms with van der Waals surface area (Å²) in [6, 6.07) is 0. The van der Waals surface area contributed by atoms with Crippen LogP contribution in [0.5, 0.6) is 0 Å². The van der Waals surface area contributed by atoms with Crippen LogP contribution in [-0.2, 0) is 14.8 Å². The van der Waals surface area contributed by atoms with Gasteiger partial charge in [-0.3, -0.25) is 4.79 Å². The summed E-state index contributed by atoms with van der Waals surface area (Å²) >= 11 is 0. The number of hydrogen-bond donors (Lipinski definition) is 1. The molecule has 0 bridgehead atoms. The first-order chi connectivity index (χ1) is 6.85. The Bertz CT molecular complexity index is 348. The molecule has 0 spiro atoms. The van der Waals surface area contributed by atoms with Gasteiger partial charge in [-0.1, -0.05) is 6.92 Å². The Balaban J connectivity index is 2.49. The van der Waals surface area contributed by atoms with E-state index in [9.17, 15) is 13.2 Å². The van der Waals surface area contributed by atoms with Crippen molar-refractivity contribution in [2.75, 3.05) is 19.6 Å². The molecule has 1 saturated heterocycles. The number of rotatable bonds is 5. The van der Waals surface area contributed by atoms with Crippen molar-refractivity contribution in [2.45, 2.75) is 31.9 Å². The van der Waals surface area contributed by atoms with Crippen LogP contribution in [0.4, 0.5) is 0 Å². The number of nitrogens with zero attached hydrogens (tertiary/aromatic N) is 1. The van der Waals surface area contributed by atoms with Gasteiger partial charge in [0.05, 0.1) is 0 Å². The highest BCUT2D eigenvalue weighted by atomic mass is 32.2. The molecule has 5 nitrogen and oxygen atoms in total. The van der Waals surface area contributed by atoms with E-state index in [-0.39, 0.29) is 12.5 Å². The van der Waals surface area contributed by atoms with E-state index in [1.165, 1.54) is 13.8 Å². The summed E-state index contributed by atoms with van der Waals surface area (Å²) in [6.45, 7) is 6.52. The van der Waals surface area contributed by atoms with Gasteiger partial charge in [0.15, 0.2) is 4.75 Å². The van der Waals surface area contributed by atoms with E-state index in [1.807, 2.05) is 6.92 Å². The minimum atomic E-state index is -3.39. The molecule has 1 fully saturated rings. The van der Waals surface area contributed by atoms with E-state index in [4.69, 9.17) is 0 Å². The van der Waals surface area contributed by atoms with Crippen LogP contribution in [0, 0.1) is 0 Å². The molecule has 1 aliphatic heterocycles. The van der Waals surface area contributed by atoms with Crippen molar-refractivity contribution < 1.29 is 13.2 Å². The van der Waals surface area contributed by atoms with Crippen molar-refractivity contribution in [1.82, 2.24) is 9.62 Å². The lowest BCUT2D eigenvalue weighted by molar-refractivity contribution is -0.132. The fourth-order valence-electron chi connectivity index (χ4n) is 1.46. The highest BCUT2D eigenvalue weighted by molar-refractivity contribution is 7.94. The molecule has 0 aromatic rings. The Labute approximate surface area is 90.9 Å². The molecule has 0 atom stereocenters. The van der Waals surface area contributed by atoms with E-state index >= 15 is 0 Å². The van der Waals surface area contributed by atoms with Gasteiger partial charge in [-0.15, -0.1) is 0 Å². The molecule has 0 radical (unpaired) electrons. The fraction of sp³-hybridized carbons (Fsp3) is 0.889. The zero-order chi connectivity index (χ0) is 11.7. The van der Waals surface area contributed by atoms with Crippen LogP contribution in [0.15, 0.2) is 0 Å². The van der Waals surface area contributed by atoms with Crippen LogP contribution >= 0.6 is 0 Å². The van der Waals surface area contributed by atoms with Gasteiger partial charge in [-0.2, -0.15) is 0 Å². The first kappa shape index (κ1) is 12.4. The maximum Gasteiger partial charge on any atom is 0.258 e. The molecule has 1 amide bonds. The molecule has 6 heteroatoms. The molecule has 15 heavy (non-hydrogen) atoms. The maximum atomic E-state index is 11.6. The molecule has 1 aliphatic rings. The zero-order valence-corrected chi connectivity index (χ0v) is 10.2. The van der Waals surface area contributed by atoms with E-state index in [0.717, 1.165) is 17.3 Å². The molecule has 1 N–H and O–H groups in total. The van der Waals surface area contributed by atoms with Gasteiger partial charge < -0.3 is 5.32 Å². The summed E-state index contributed by atoms with van der Waals surface area (Å²) in [7, 11) is -3.39. The summed E-state index contributed by atoms with van der Waals surface area (Å²) < 4.78 is 23.0. The average molecular weight is 234 g/mol. The van der Waals surface area contributed by atoms with E-state index in [0.29, 0.717) is 6.54 Å². The summed E-state index contributed by atoms with van der Waals surface area (Å²) in [6.07, 6.45) is 0.992. The normalized spacial score (nSPS) is 22.6. The minimum absolute atomic E-state index is 0.241. The standard InChI is InChI=1S/C9H18N2O3S/c1-4-5-10-6-7-11-8(12)9(2,3)15(11,13)14/h10H,4-7H2,1-3H3. The Morgan fingerprint density at radius 1 is 1.33 bits per heavy atom. The number of nitrogens with one attached hydrogen (secondary N) is 1. The van der Waals surface area contributed by atoms with Gasteiger partial charge in [0.25, 0.3) is 15.9 Å². The third-order valence-electron chi connectivity index (χ3n) is 2.60. The van der Waals surface area contributed by atoms with Gasteiger partial charge in [0, 0.05) is 13.1 Å². The van der Waals surface area contributed by atoms with Crippen LogP contribution in [0.1, 0.15) is 27.2 Å². The van der Waals surface area contributed by atoms with Crippen molar-refractivity contribution in [1.29, 1.82) is 0 Å². The molecular formula is C9H18N2O3S. The fourth-order valence-corrected chi connectivity index (χ4v) is 2.99. The monoisotopic (exact) mass is 234 g/mol. The number of carbonyl (C=O) groups is 1. The summed E-state index contributed by atoms with van der Waals surface area (Å²) in [4.78, 5) is 11.5. The summed E-state index contributed by atoms with van der Waals surface area (Å²) in [5, 5.41) is 3.06. The number of carbonyl (C=O) groups excluding carboxylic acids is 1. The van der Waals surface area contributed by atoms with Gasteiger partial charge >= 0.3 is 0 Å². The van der Waals surface area contributed by atoms with E-state index in [1.54, 1.807) is 0 Å². The Morgan fingerprint density at radius 2 is 1.93 bits per heavy atom. The lowest BCUT2D eigenvalue weighted by Crippen LogP contribution is -2.68. The first-order valence-corrected chi connectivity index (χ1v) is 6.57.